The highest BCUT2D eigenvalue weighted by Crippen LogP contribution is 2.30. The largest absolute Gasteiger partial charge is 0.317 e. The molecule has 3 fully saturated rings. The lowest BCUT2D eigenvalue weighted by Crippen LogP contribution is -2.55. The van der Waals surface area contributed by atoms with Crippen LogP contribution in [-0.2, 0) is 0 Å². The Kier molecular flexibility index (Phi) is 4.45. The molecule has 1 saturated carbocycles. The van der Waals surface area contributed by atoms with Gasteiger partial charge < -0.3 is 5.32 Å². The van der Waals surface area contributed by atoms with Crippen LogP contribution in [0.2, 0.25) is 0 Å². The zero-order chi connectivity index (χ0) is 13.2. The molecule has 2 aliphatic heterocycles. The van der Waals surface area contributed by atoms with Crippen LogP contribution in [0.4, 0.5) is 0 Å². The van der Waals surface area contributed by atoms with Crippen molar-refractivity contribution in [2.45, 2.75) is 63.6 Å². The van der Waals surface area contributed by atoms with Crippen molar-refractivity contribution in [3.8, 4) is 0 Å². The second-order valence-electron chi connectivity index (χ2n) is 7.01. The third-order valence-corrected chi connectivity index (χ3v) is 5.88. The zero-order valence-corrected chi connectivity index (χ0v) is 12.8. The number of piperazine rings is 1. The normalized spacial score (nSPS) is 40.7. The second kappa shape index (κ2) is 6.11. The number of fused-ring (bicyclic) bond motifs is 1. The van der Waals surface area contributed by atoms with E-state index < -0.39 is 0 Å². The Labute approximate surface area is 118 Å². The third-order valence-electron chi connectivity index (χ3n) is 5.88. The molecule has 3 heteroatoms. The molecule has 19 heavy (non-hydrogen) atoms. The molecule has 110 valence electrons. The fourth-order valence-electron chi connectivity index (χ4n) is 4.65. The Morgan fingerprint density at radius 2 is 2.00 bits per heavy atom. The van der Waals surface area contributed by atoms with Crippen molar-refractivity contribution >= 4 is 0 Å². The lowest BCUT2D eigenvalue weighted by molar-refractivity contribution is 0.0548. The molecule has 0 amide bonds. The maximum absolute atomic E-state index is 3.52. The van der Waals surface area contributed by atoms with Crippen LogP contribution < -0.4 is 5.32 Å². The van der Waals surface area contributed by atoms with Crippen molar-refractivity contribution in [1.29, 1.82) is 0 Å². The summed E-state index contributed by atoms with van der Waals surface area (Å²) >= 11 is 0. The lowest BCUT2D eigenvalue weighted by Gasteiger charge is -2.42. The zero-order valence-electron chi connectivity index (χ0n) is 12.8. The van der Waals surface area contributed by atoms with E-state index in [4.69, 9.17) is 0 Å². The topological polar surface area (TPSA) is 18.5 Å². The first kappa shape index (κ1) is 13.8. The molecular weight excluding hydrogens is 234 g/mol. The van der Waals surface area contributed by atoms with Crippen LogP contribution in [0.15, 0.2) is 0 Å². The molecule has 2 saturated heterocycles. The highest BCUT2D eigenvalue weighted by Gasteiger charge is 2.35. The number of rotatable bonds is 4. The summed E-state index contributed by atoms with van der Waals surface area (Å²) < 4.78 is 0. The molecule has 3 rings (SSSR count). The van der Waals surface area contributed by atoms with E-state index in [1.807, 2.05) is 0 Å². The van der Waals surface area contributed by atoms with Gasteiger partial charge in [0.15, 0.2) is 0 Å². The van der Waals surface area contributed by atoms with Crippen LogP contribution in [0.3, 0.4) is 0 Å². The maximum Gasteiger partial charge on any atom is 0.0224 e. The van der Waals surface area contributed by atoms with Crippen LogP contribution in [0.5, 0.6) is 0 Å². The molecule has 0 aromatic heterocycles. The minimum atomic E-state index is 0.767. The Hall–Kier alpha value is -0.120. The number of hydrogen-bond acceptors (Lipinski definition) is 3. The Balaban J connectivity index is 1.49. The molecule has 3 aliphatic rings. The summed E-state index contributed by atoms with van der Waals surface area (Å²) in [6.45, 7) is 7.75. The molecule has 2 heterocycles. The SMILES string of the molecule is CNC1CCCC1CCN1CC2CCCN2CC1C. The van der Waals surface area contributed by atoms with Crippen molar-refractivity contribution in [3.63, 3.8) is 0 Å². The van der Waals surface area contributed by atoms with Crippen molar-refractivity contribution in [2.24, 2.45) is 5.92 Å². The molecule has 4 unspecified atom stereocenters. The summed E-state index contributed by atoms with van der Waals surface area (Å²) in [5.41, 5.74) is 0. The predicted molar refractivity (Wildman–Crippen MR) is 80.4 cm³/mol. The van der Waals surface area contributed by atoms with Crippen LogP contribution >= 0.6 is 0 Å². The minimum Gasteiger partial charge on any atom is -0.317 e. The van der Waals surface area contributed by atoms with Gasteiger partial charge in [0.25, 0.3) is 0 Å². The van der Waals surface area contributed by atoms with E-state index in [0.29, 0.717) is 0 Å². The van der Waals surface area contributed by atoms with Gasteiger partial charge >= 0.3 is 0 Å². The van der Waals surface area contributed by atoms with Gasteiger partial charge in [-0.1, -0.05) is 6.42 Å². The smallest absolute Gasteiger partial charge is 0.0224 e. The summed E-state index contributed by atoms with van der Waals surface area (Å²) in [7, 11) is 2.14. The Morgan fingerprint density at radius 1 is 1.11 bits per heavy atom. The van der Waals surface area contributed by atoms with E-state index >= 15 is 0 Å². The predicted octanol–water partition coefficient (Wildman–Crippen LogP) is 1.93. The summed E-state index contributed by atoms with van der Waals surface area (Å²) in [6.07, 6.45) is 8.54. The van der Waals surface area contributed by atoms with Crippen molar-refractivity contribution in [2.75, 3.05) is 33.2 Å². The molecule has 0 aromatic carbocycles. The van der Waals surface area contributed by atoms with Crippen LogP contribution in [-0.4, -0.2) is 61.2 Å². The van der Waals surface area contributed by atoms with E-state index in [0.717, 1.165) is 24.0 Å². The fourth-order valence-corrected chi connectivity index (χ4v) is 4.65. The summed E-state index contributed by atoms with van der Waals surface area (Å²) in [5.74, 6) is 0.929. The quantitative estimate of drug-likeness (QED) is 0.838. The molecule has 3 nitrogen and oxygen atoms in total. The standard InChI is InChI=1S/C16H31N3/c1-13-11-19-9-4-6-15(19)12-18(13)10-8-14-5-3-7-16(14)17-2/h13-17H,3-12H2,1-2H3. The van der Waals surface area contributed by atoms with Gasteiger partial charge in [-0.05, 0) is 65.1 Å². The van der Waals surface area contributed by atoms with Crippen molar-refractivity contribution < 1.29 is 0 Å². The monoisotopic (exact) mass is 265 g/mol. The highest BCUT2D eigenvalue weighted by atomic mass is 15.3. The van der Waals surface area contributed by atoms with Gasteiger partial charge in [0.1, 0.15) is 0 Å². The lowest BCUT2D eigenvalue weighted by atomic mass is 9.98. The van der Waals surface area contributed by atoms with Gasteiger partial charge in [0, 0.05) is 31.2 Å². The van der Waals surface area contributed by atoms with E-state index in [1.54, 1.807) is 0 Å². The maximum atomic E-state index is 3.52. The first-order valence-electron chi connectivity index (χ1n) is 8.43. The van der Waals surface area contributed by atoms with Gasteiger partial charge in [0.05, 0.1) is 0 Å². The number of hydrogen-bond donors (Lipinski definition) is 1. The van der Waals surface area contributed by atoms with Crippen LogP contribution in [0, 0.1) is 5.92 Å². The highest BCUT2D eigenvalue weighted by molar-refractivity contribution is 4.91. The summed E-state index contributed by atoms with van der Waals surface area (Å²) in [4.78, 5) is 5.50. The van der Waals surface area contributed by atoms with Gasteiger partial charge in [-0.15, -0.1) is 0 Å². The fraction of sp³-hybridized carbons (Fsp3) is 1.00. The van der Waals surface area contributed by atoms with Crippen LogP contribution in [0.25, 0.3) is 0 Å². The first-order valence-corrected chi connectivity index (χ1v) is 8.43. The van der Waals surface area contributed by atoms with E-state index in [2.05, 4.69) is 29.1 Å². The van der Waals surface area contributed by atoms with E-state index in [9.17, 15) is 0 Å². The number of nitrogens with zero attached hydrogens (tertiary/aromatic N) is 2. The second-order valence-corrected chi connectivity index (χ2v) is 7.01. The molecule has 0 spiro atoms. The average molecular weight is 265 g/mol. The molecule has 0 radical (unpaired) electrons. The van der Waals surface area contributed by atoms with Gasteiger partial charge in [-0.2, -0.15) is 0 Å². The Bertz CT molecular complexity index is 294. The summed E-state index contributed by atoms with van der Waals surface area (Å²) in [6, 6.07) is 2.44. The van der Waals surface area contributed by atoms with Gasteiger partial charge in [-0.25, -0.2) is 0 Å². The third kappa shape index (κ3) is 2.98. The summed E-state index contributed by atoms with van der Waals surface area (Å²) in [5, 5.41) is 3.52. The molecule has 1 N–H and O–H groups in total. The minimum absolute atomic E-state index is 0.767. The molecule has 1 aliphatic carbocycles. The van der Waals surface area contributed by atoms with Gasteiger partial charge in [0.2, 0.25) is 0 Å². The average Bonchev–Trinajstić information content (AvgIpc) is 3.03. The molecule has 0 bridgehead atoms. The molecule has 4 atom stereocenters. The molecule has 0 aromatic rings. The number of nitrogens with one attached hydrogen (secondary N) is 1. The van der Waals surface area contributed by atoms with Crippen molar-refractivity contribution in [3.05, 3.63) is 0 Å². The van der Waals surface area contributed by atoms with E-state index in [-0.39, 0.29) is 0 Å². The van der Waals surface area contributed by atoms with Crippen molar-refractivity contribution in [1.82, 2.24) is 15.1 Å². The molecular formula is C16H31N3. The van der Waals surface area contributed by atoms with Gasteiger partial charge in [-0.3, -0.25) is 9.80 Å². The Morgan fingerprint density at radius 3 is 2.84 bits per heavy atom. The van der Waals surface area contributed by atoms with E-state index in [1.165, 1.54) is 64.7 Å². The first-order chi connectivity index (χ1) is 9.28. The van der Waals surface area contributed by atoms with Crippen LogP contribution in [0.1, 0.15) is 45.4 Å².